The van der Waals surface area contributed by atoms with Crippen LogP contribution in [-0.2, 0) is 0 Å². The van der Waals surface area contributed by atoms with Gasteiger partial charge in [-0.25, -0.2) is 15.0 Å². The lowest BCUT2D eigenvalue weighted by molar-refractivity contribution is 0.102. The van der Waals surface area contributed by atoms with Gasteiger partial charge in [-0.05, 0) is 62.9 Å². The molecule has 0 saturated carbocycles. The molecule has 3 aromatic heterocycles. The number of hydrogen-bond donors (Lipinski definition) is 2. The number of hydrogen-bond acceptors (Lipinski definition) is 6. The molecule has 8 nitrogen and oxygen atoms in total. The van der Waals surface area contributed by atoms with Gasteiger partial charge in [0, 0.05) is 36.3 Å². The molecule has 1 unspecified atom stereocenters. The number of benzene rings is 1. The number of piperidine rings is 1. The molecule has 1 aliphatic heterocycles. The lowest BCUT2D eigenvalue weighted by atomic mass is 10.0. The summed E-state index contributed by atoms with van der Waals surface area (Å²) in [6, 6.07) is 11.0. The zero-order valence-corrected chi connectivity index (χ0v) is 21.0. The van der Waals surface area contributed by atoms with E-state index in [1.54, 1.807) is 30.6 Å². The highest BCUT2D eigenvalue weighted by atomic mass is 16.1. The standard InChI is InChI=1S/C29H29N7O/c1-4-9-20(3)35-16-8-6-10-23(35)28-34-25(26-27(30)32-15-17-36(26)28)22-13-12-21(18-19(22)2)29(37)33-24-11-5-7-14-31-24/h5,7,11-15,17-18,23H,3,6,8,10,16H2,1-2H3,(H2,30,32)(H,31,33,37). The van der Waals surface area contributed by atoms with Gasteiger partial charge in [-0.3, -0.25) is 9.20 Å². The first-order valence-corrected chi connectivity index (χ1v) is 12.3. The first kappa shape index (κ1) is 24.1. The number of nitrogens with one attached hydrogen (secondary N) is 1. The van der Waals surface area contributed by atoms with E-state index in [1.807, 2.05) is 42.6 Å². The second-order valence-electron chi connectivity index (χ2n) is 9.08. The normalized spacial score (nSPS) is 15.2. The SMILES string of the molecule is C=C(C#CC)N1CCCCC1c1nc(-c2ccc(C(=O)Nc3ccccn3)cc2C)c2c(N)nccn12. The van der Waals surface area contributed by atoms with Crippen LogP contribution in [0.15, 0.2) is 67.3 Å². The molecule has 1 aromatic carbocycles. The van der Waals surface area contributed by atoms with Crippen LogP contribution in [0.1, 0.15) is 54.0 Å². The number of aromatic nitrogens is 4. The van der Waals surface area contributed by atoms with Crippen molar-refractivity contribution in [2.45, 2.75) is 39.2 Å². The number of pyridine rings is 1. The van der Waals surface area contributed by atoms with Crippen LogP contribution in [0.5, 0.6) is 0 Å². The van der Waals surface area contributed by atoms with E-state index in [0.29, 0.717) is 17.2 Å². The molecule has 1 aliphatic rings. The zero-order valence-electron chi connectivity index (χ0n) is 21.0. The van der Waals surface area contributed by atoms with Gasteiger partial charge >= 0.3 is 0 Å². The minimum atomic E-state index is -0.224. The van der Waals surface area contributed by atoms with Crippen molar-refractivity contribution >= 4 is 23.1 Å². The highest BCUT2D eigenvalue weighted by Gasteiger charge is 2.30. The molecule has 0 spiro atoms. The number of likely N-dealkylation sites (tertiary alicyclic amines) is 1. The highest BCUT2D eigenvalue weighted by molar-refractivity contribution is 6.04. The van der Waals surface area contributed by atoms with Crippen LogP contribution in [0.2, 0.25) is 0 Å². The van der Waals surface area contributed by atoms with Crippen LogP contribution in [-0.4, -0.2) is 36.7 Å². The lowest BCUT2D eigenvalue weighted by Crippen LogP contribution is -2.33. The van der Waals surface area contributed by atoms with Gasteiger partial charge in [-0.15, -0.1) is 0 Å². The van der Waals surface area contributed by atoms with Crippen molar-refractivity contribution in [3.05, 3.63) is 84.2 Å². The van der Waals surface area contributed by atoms with E-state index in [-0.39, 0.29) is 11.9 Å². The molecule has 186 valence electrons. The molecule has 3 N–H and O–H groups in total. The number of amides is 1. The van der Waals surface area contributed by atoms with Crippen LogP contribution in [0.4, 0.5) is 11.6 Å². The van der Waals surface area contributed by atoms with Crippen LogP contribution in [0.3, 0.4) is 0 Å². The molecular weight excluding hydrogens is 462 g/mol. The van der Waals surface area contributed by atoms with Gasteiger partial charge in [0.25, 0.3) is 5.91 Å². The molecule has 1 saturated heterocycles. The molecule has 8 heteroatoms. The molecule has 1 atom stereocenters. The number of anilines is 2. The molecule has 37 heavy (non-hydrogen) atoms. The number of nitrogens with zero attached hydrogens (tertiary/aromatic N) is 5. The summed E-state index contributed by atoms with van der Waals surface area (Å²) in [5.74, 6) is 7.66. The highest BCUT2D eigenvalue weighted by Crippen LogP contribution is 2.38. The Morgan fingerprint density at radius 2 is 2.05 bits per heavy atom. The van der Waals surface area contributed by atoms with Crippen molar-refractivity contribution in [3.8, 4) is 23.1 Å². The summed E-state index contributed by atoms with van der Waals surface area (Å²) in [5, 5.41) is 2.83. The van der Waals surface area contributed by atoms with Gasteiger partial charge in [0.15, 0.2) is 0 Å². The maximum absolute atomic E-state index is 12.8. The van der Waals surface area contributed by atoms with Gasteiger partial charge in [0.05, 0.1) is 11.7 Å². The summed E-state index contributed by atoms with van der Waals surface area (Å²) in [6.07, 6.45) is 8.36. The third kappa shape index (κ3) is 4.64. The fourth-order valence-electron chi connectivity index (χ4n) is 4.94. The maximum Gasteiger partial charge on any atom is 0.256 e. The number of aryl methyl sites for hydroxylation is 1. The summed E-state index contributed by atoms with van der Waals surface area (Å²) >= 11 is 0. The topological polar surface area (TPSA) is 101 Å². The number of nitrogen functional groups attached to an aromatic ring is 1. The minimum Gasteiger partial charge on any atom is -0.382 e. The fourth-order valence-corrected chi connectivity index (χ4v) is 4.94. The molecule has 5 rings (SSSR count). The van der Waals surface area contributed by atoms with Gasteiger partial charge < -0.3 is 16.0 Å². The van der Waals surface area contributed by atoms with Crippen molar-refractivity contribution in [2.75, 3.05) is 17.6 Å². The molecule has 4 heterocycles. The fraction of sp³-hybridized carbons (Fsp3) is 0.241. The summed E-state index contributed by atoms with van der Waals surface area (Å²) in [7, 11) is 0. The van der Waals surface area contributed by atoms with E-state index in [2.05, 4.69) is 38.6 Å². The predicted molar refractivity (Wildman–Crippen MR) is 146 cm³/mol. The van der Waals surface area contributed by atoms with Crippen molar-refractivity contribution in [1.82, 2.24) is 24.3 Å². The molecule has 0 radical (unpaired) electrons. The Hall–Kier alpha value is -4.64. The van der Waals surface area contributed by atoms with Crippen LogP contribution in [0.25, 0.3) is 16.8 Å². The Kier molecular flexibility index (Phi) is 6.60. The zero-order chi connectivity index (χ0) is 25.9. The number of rotatable bonds is 5. The van der Waals surface area contributed by atoms with Crippen LogP contribution in [0, 0.1) is 18.8 Å². The first-order valence-electron chi connectivity index (χ1n) is 12.3. The lowest BCUT2D eigenvalue weighted by Gasteiger charge is -2.36. The van der Waals surface area contributed by atoms with Crippen LogP contribution >= 0.6 is 0 Å². The summed E-state index contributed by atoms with van der Waals surface area (Å²) in [5.41, 5.74) is 11.0. The van der Waals surface area contributed by atoms with Crippen molar-refractivity contribution in [2.24, 2.45) is 0 Å². The van der Waals surface area contributed by atoms with E-state index >= 15 is 0 Å². The molecule has 0 bridgehead atoms. The smallest absolute Gasteiger partial charge is 0.256 e. The quantitative estimate of drug-likeness (QED) is 0.381. The van der Waals surface area contributed by atoms with E-state index in [4.69, 9.17) is 10.7 Å². The summed E-state index contributed by atoms with van der Waals surface area (Å²) in [4.78, 5) is 28.7. The molecule has 1 fully saturated rings. The minimum absolute atomic E-state index is 0.0221. The average Bonchev–Trinajstić information content (AvgIpc) is 3.30. The van der Waals surface area contributed by atoms with E-state index in [1.165, 1.54) is 0 Å². The van der Waals surface area contributed by atoms with Gasteiger partial charge in [-0.1, -0.05) is 30.6 Å². The van der Waals surface area contributed by atoms with E-state index < -0.39 is 0 Å². The Morgan fingerprint density at radius 3 is 2.81 bits per heavy atom. The second kappa shape index (κ2) is 10.2. The third-order valence-electron chi connectivity index (χ3n) is 6.68. The van der Waals surface area contributed by atoms with Gasteiger partial charge in [0.1, 0.15) is 28.7 Å². The van der Waals surface area contributed by atoms with Crippen molar-refractivity contribution < 1.29 is 4.79 Å². The number of nitrogens with two attached hydrogens (primary N) is 1. The number of carbonyl (C=O) groups excluding carboxylic acids is 1. The summed E-state index contributed by atoms with van der Waals surface area (Å²) in [6.45, 7) is 8.88. The molecule has 4 aromatic rings. The van der Waals surface area contributed by atoms with Gasteiger partial charge in [-0.2, -0.15) is 0 Å². The molecular formula is C29H29N7O. The second-order valence-corrected chi connectivity index (χ2v) is 9.08. The predicted octanol–water partition coefficient (Wildman–Crippen LogP) is 5.00. The van der Waals surface area contributed by atoms with Crippen molar-refractivity contribution in [3.63, 3.8) is 0 Å². The number of imidazole rings is 1. The molecule has 1 amide bonds. The Morgan fingerprint density at radius 1 is 1.19 bits per heavy atom. The van der Waals surface area contributed by atoms with Gasteiger partial charge in [0.2, 0.25) is 0 Å². The van der Waals surface area contributed by atoms with E-state index in [9.17, 15) is 4.79 Å². The Balaban J connectivity index is 1.56. The number of fused-ring (bicyclic) bond motifs is 1. The van der Waals surface area contributed by atoms with Crippen LogP contribution < -0.4 is 11.1 Å². The Bertz CT molecular complexity index is 1550. The monoisotopic (exact) mass is 491 g/mol. The number of carbonyl (C=O) groups is 1. The first-order chi connectivity index (χ1) is 18.0. The molecule has 0 aliphatic carbocycles. The number of allylic oxidation sites excluding steroid dienone is 1. The Labute approximate surface area is 216 Å². The van der Waals surface area contributed by atoms with Crippen molar-refractivity contribution in [1.29, 1.82) is 0 Å². The van der Waals surface area contributed by atoms with E-state index in [0.717, 1.165) is 59.7 Å². The third-order valence-corrected chi connectivity index (χ3v) is 6.68. The maximum atomic E-state index is 12.8. The largest absolute Gasteiger partial charge is 0.382 e. The average molecular weight is 492 g/mol. The summed E-state index contributed by atoms with van der Waals surface area (Å²) < 4.78 is 2.04.